The van der Waals surface area contributed by atoms with E-state index < -0.39 is 18.3 Å². The van der Waals surface area contributed by atoms with Crippen molar-refractivity contribution in [3.63, 3.8) is 0 Å². The molecule has 43 heavy (non-hydrogen) atoms. The summed E-state index contributed by atoms with van der Waals surface area (Å²) in [7, 11) is 0. The third kappa shape index (κ3) is 7.12. The maximum absolute atomic E-state index is 13.8. The second kappa shape index (κ2) is 13.9. The fourth-order valence-corrected chi connectivity index (χ4v) is 6.38. The maximum atomic E-state index is 13.8. The number of amides is 2. The van der Waals surface area contributed by atoms with Gasteiger partial charge in [-0.05, 0) is 36.0 Å². The molecule has 4 atom stereocenters. The Bertz CT molecular complexity index is 1310. The summed E-state index contributed by atoms with van der Waals surface area (Å²) in [5.41, 5.74) is 7.58. The number of aromatic nitrogens is 1. The van der Waals surface area contributed by atoms with Crippen molar-refractivity contribution in [2.24, 2.45) is 28.0 Å². The van der Waals surface area contributed by atoms with Crippen molar-refractivity contribution >= 4 is 17.8 Å². The van der Waals surface area contributed by atoms with E-state index in [1.54, 1.807) is 17.3 Å². The molecule has 1 saturated carbocycles. The molecule has 3 unspecified atom stereocenters. The van der Waals surface area contributed by atoms with Crippen molar-refractivity contribution in [1.29, 1.82) is 0 Å². The molecule has 3 heterocycles. The van der Waals surface area contributed by atoms with Gasteiger partial charge in [-0.2, -0.15) is 13.2 Å². The van der Waals surface area contributed by atoms with Gasteiger partial charge in [-0.25, -0.2) is 4.99 Å². The van der Waals surface area contributed by atoms with Crippen LogP contribution >= 0.6 is 0 Å². The molecule has 1 aliphatic carbocycles. The van der Waals surface area contributed by atoms with Crippen LogP contribution < -0.4 is 15.8 Å². The first-order valence-electron chi connectivity index (χ1n) is 14.3. The summed E-state index contributed by atoms with van der Waals surface area (Å²) < 4.78 is 34.8. The number of benzene rings is 1. The Morgan fingerprint density at radius 3 is 2.40 bits per heavy atom. The van der Waals surface area contributed by atoms with Crippen molar-refractivity contribution < 1.29 is 27.5 Å². The van der Waals surface area contributed by atoms with E-state index in [1.807, 2.05) is 50.2 Å². The molecule has 2 aromatic rings. The molecule has 0 spiro atoms. The monoisotopic (exact) mass is 599 g/mol. The number of nitrogens with zero attached hydrogens (tertiary/aromatic N) is 3. The minimum Gasteiger partial charge on any atom is -0.493 e. The van der Waals surface area contributed by atoms with Crippen LogP contribution in [0.5, 0.6) is 5.75 Å². The third-order valence-electron chi connectivity index (χ3n) is 8.78. The Kier molecular flexibility index (Phi) is 10.8. The maximum Gasteiger partial charge on any atom is 0.379 e. The average molecular weight is 600 g/mol. The zero-order valence-electron chi connectivity index (χ0n) is 25.0. The van der Waals surface area contributed by atoms with Gasteiger partial charge in [0.1, 0.15) is 5.75 Å². The predicted molar refractivity (Wildman–Crippen MR) is 159 cm³/mol. The number of carbonyl (C=O) groups is 2. The van der Waals surface area contributed by atoms with E-state index in [0.29, 0.717) is 19.4 Å². The lowest BCUT2D eigenvalue weighted by Gasteiger charge is -2.40. The zero-order valence-corrected chi connectivity index (χ0v) is 25.0. The first kappa shape index (κ1) is 33.4. The van der Waals surface area contributed by atoms with Gasteiger partial charge in [-0.15, -0.1) is 12.8 Å². The van der Waals surface area contributed by atoms with E-state index in [9.17, 15) is 22.8 Å². The fraction of sp³-hybridized carbons (Fsp3) is 0.500. The second-order valence-corrected chi connectivity index (χ2v) is 11.4. The Balaban J connectivity index is 0.000000780. The van der Waals surface area contributed by atoms with Crippen LogP contribution in [0.1, 0.15) is 76.6 Å². The van der Waals surface area contributed by atoms with Crippen LogP contribution in [-0.4, -0.2) is 46.5 Å². The van der Waals surface area contributed by atoms with Crippen molar-refractivity contribution in [2.45, 2.75) is 77.7 Å². The normalized spacial score (nSPS) is 23.6. The van der Waals surface area contributed by atoms with Gasteiger partial charge in [-0.3, -0.25) is 19.5 Å². The largest absolute Gasteiger partial charge is 0.493 e. The number of para-hydroxylation sites is 1. The van der Waals surface area contributed by atoms with Crippen molar-refractivity contribution in [2.75, 3.05) is 6.61 Å². The smallest absolute Gasteiger partial charge is 0.379 e. The number of halogens is 3. The topological polar surface area (TPSA) is 110 Å². The zero-order chi connectivity index (χ0) is 31.9. The third-order valence-corrected chi connectivity index (χ3v) is 8.78. The van der Waals surface area contributed by atoms with E-state index in [1.165, 1.54) is 0 Å². The first-order chi connectivity index (χ1) is 20.5. The van der Waals surface area contributed by atoms with Crippen LogP contribution in [0.4, 0.5) is 13.2 Å². The lowest BCUT2D eigenvalue weighted by molar-refractivity contribution is -0.132. The molecule has 2 aliphatic heterocycles. The fourth-order valence-electron chi connectivity index (χ4n) is 6.38. The number of alkyl halides is 3. The SMILES string of the molecule is C#C.CCC1(CC)CC(=O)N(C(c2cccnc2)C2C(C(=O)N[C@H]3CCOc4ccccc43)C2(C)C)C(N)=N1.FC(F)F. The summed E-state index contributed by atoms with van der Waals surface area (Å²) in [6, 6.07) is 11.1. The number of nitrogens with one attached hydrogen (secondary N) is 1. The van der Waals surface area contributed by atoms with Gasteiger partial charge < -0.3 is 15.8 Å². The molecule has 1 aromatic heterocycles. The molecule has 8 nitrogen and oxygen atoms in total. The molecule has 5 rings (SSSR count). The number of carbonyl (C=O) groups excluding carboxylic acids is 2. The van der Waals surface area contributed by atoms with Crippen molar-refractivity contribution in [3.8, 4) is 18.6 Å². The van der Waals surface area contributed by atoms with Crippen molar-refractivity contribution in [1.82, 2.24) is 15.2 Å². The highest BCUT2D eigenvalue weighted by Gasteiger charge is 2.67. The molecule has 1 aromatic carbocycles. The van der Waals surface area contributed by atoms with Crippen LogP contribution in [0, 0.1) is 30.1 Å². The Hall–Kier alpha value is -4.07. The lowest BCUT2D eigenvalue weighted by Crippen LogP contribution is -2.53. The van der Waals surface area contributed by atoms with Gasteiger partial charge in [-0.1, -0.05) is 52.0 Å². The number of hydrogen-bond acceptors (Lipinski definition) is 6. The molecule has 3 aliphatic rings. The molecular formula is C32H40F3N5O3. The number of guanidine groups is 1. The number of fused-ring (bicyclic) bond motifs is 1. The van der Waals surface area contributed by atoms with Gasteiger partial charge >= 0.3 is 6.68 Å². The van der Waals surface area contributed by atoms with Gasteiger partial charge in [0.15, 0.2) is 5.96 Å². The lowest BCUT2D eigenvalue weighted by atomic mass is 9.86. The van der Waals surface area contributed by atoms with Crippen LogP contribution in [0.3, 0.4) is 0 Å². The van der Waals surface area contributed by atoms with Crippen LogP contribution in [-0.2, 0) is 9.59 Å². The van der Waals surface area contributed by atoms with E-state index >= 15 is 0 Å². The van der Waals surface area contributed by atoms with E-state index in [-0.39, 0.29) is 41.1 Å². The molecule has 1 fully saturated rings. The highest BCUT2D eigenvalue weighted by atomic mass is 19.4. The van der Waals surface area contributed by atoms with Gasteiger partial charge in [0.05, 0.1) is 30.7 Å². The molecule has 3 N–H and O–H groups in total. The minimum atomic E-state index is -3.67. The average Bonchev–Trinajstić information content (AvgIpc) is 3.56. The summed E-state index contributed by atoms with van der Waals surface area (Å²) in [6.45, 7) is 5.16. The number of aliphatic imine (C=N–C) groups is 1. The number of ether oxygens (including phenoxy) is 1. The van der Waals surface area contributed by atoms with Gasteiger partial charge in [0.25, 0.3) is 0 Å². The summed E-state index contributed by atoms with van der Waals surface area (Å²) in [5, 5.41) is 3.29. The van der Waals surface area contributed by atoms with Crippen LogP contribution in [0.2, 0.25) is 0 Å². The van der Waals surface area contributed by atoms with Crippen LogP contribution in [0.15, 0.2) is 53.8 Å². The number of terminal acetylenes is 1. The first-order valence-corrected chi connectivity index (χ1v) is 14.3. The molecular weight excluding hydrogens is 559 g/mol. The van der Waals surface area contributed by atoms with E-state index in [4.69, 9.17) is 15.5 Å². The minimum absolute atomic E-state index is 0.0120. The van der Waals surface area contributed by atoms with Crippen molar-refractivity contribution in [3.05, 3.63) is 59.9 Å². The molecule has 2 amide bonds. The standard InChI is InChI=1S/C29H37N5O3.C2H2.CHF3/c1-5-29(6-2)16-22(35)34(27(30)33-29)25(18-10-9-14-31-17-18)23-24(28(23,3)4)26(36)32-20-13-15-37-21-12-8-7-11-19(20)21;1-2;2-1(3)4/h7-12,14,17,20,23-25H,5-6,13,15-16H2,1-4H3,(H2,30,33)(H,32,36);1-2H;1H/t20-,23?,24?,25?;;/m0../s1. The number of hydrogen-bond donors (Lipinski definition) is 2. The Morgan fingerprint density at radius 1 is 1.16 bits per heavy atom. The quantitative estimate of drug-likeness (QED) is 0.405. The Labute approximate surface area is 251 Å². The Morgan fingerprint density at radius 2 is 1.81 bits per heavy atom. The molecule has 0 bridgehead atoms. The summed E-state index contributed by atoms with van der Waals surface area (Å²) in [4.78, 5) is 38.2. The predicted octanol–water partition coefficient (Wildman–Crippen LogP) is 5.57. The van der Waals surface area contributed by atoms with E-state index in [2.05, 4.69) is 37.0 Å². The number of rotatable bonds is 7. The highest BCUT2D eigenvalue weighted by molar-refractivity contribution is 6.00. The second-order valence-electron chi connectivity index (χ2n) is 11.4. The number of nitrogens with two attached hydrogens (primary N) is 1. The molecule has 0 saturated heterocycles. The molecule has 0 radical (unpaired) electrons. The van der Waals surface area contributed by atoms with Crippen LogP contribution in [0.25, 0.3) is 0 Å². The van der Waals surface area contributed by atoms with Gasteiger partial charge in [0, 0.05) is 36.2 Å². The van der Waals surface area contributed by atoms with Gasteiger partial charge in [0.2, 0.25) is 11.8 Å². The molecule has 232 valence electrons. The highest BCUT2D eigenvalue weighted by Crippen LogP contribution is 2.65. The number of pyridine rings is 1. The summed E-state index contributed by atoms with van der Waals surface area (Å²) in [6.07, 6.45) is 14.0. The van der Waals surface area contributed by atoms with E-state index in [0.717, 1.165) is 29.7 Å². The molecule has 11 heteroatoms. The summed E-state index contributed by atoms with van der Waals surface area (Å²) in [5.74, 6) is 0.552. The summed E-state index contributed by atoms with van der Waals surface area (Å²) >= 11 is 0.